The summed E-state index contributed by atoms with van der Waals surface area (Å²) in [5, 5.41) is 2.63. The number of hydrogen-bond acceptors (Lipinski definition) is 4. The molecule has 0 aromatic heterocycles. The number of likely N-dealkylation sites (N-methyl/N-ethyl adjacent to an activating group) is 1. The number of hydrogen-bond donors (Lipinski definition) is 2. The lowest BCUT2D eigenvalue weighted by molar-refractivity contribution is -0.120. The van der Waals surface area contributed by atoms with Gasteiger partial charge in [0.05, 0.1) is 11.8 Å². The summed E-state index contributed by atoms with van der Waals surface area (Å²) >= 11 is 0. The molecule has 1 unspecified atom stereocenters. The first-order chi connectivity index (χ1) is 5.43. The van der Waals surface area contributed by atoms with Crippen molar-refractivity contribution in [2.75, 3.05) is 12.8 Å². The summed E-state index contributed by atoms with van der Waals surface area (Å²) in [6.45, 7) is 3.06. The molecule has 0 heterocycles. The fourth-order valence-corrected chi connectivity index (χ4v) is 1.07. The first-order valence-corrected chi connectivity index (χ1v) is 5.29. The number of carbonyl (C=O) groups excluding carboxylic acids is 1. The molecule has 0 rings (SSSR count). The van der Waals surface area contributed by atoms with Crippen molar-refractivity contribution in [2.24, 2.45) is 0 Å². The van der Waals surface area contributed by atoms with Gasteiger partial charge in [-0.15, -0.1) is 0 Å². The second kappa shape index (κ2) is 4.42. The van der Waals surface area contributed by atoms with Crippen LogP contribution in [0.2, 0.25) is 0 Å². The molecule has 1 amide bonds. The second-order valence-corrected chi connectivity index (χ2v) is 4.39. The molecule has 72 valence electrons. The maximum Gasteiger partial charge on any atom is 0.250 e. The molecule has 0 aliphatic rings. The maximum atomic E-state index is 11.0. The SMILES string of the molecule is CCS(=O)(=O)NC(=O)C(C)NC. The molecular formula is C6H14N2O3S. The first kappa shape index (κ1) is 11.4. The Morgan fingerprint density at radius 1 is 1.50 bits per heavy atom. The summed E-state index contributed by atoms with van der Waals surface area (Å²) in [6.07, 6.45) is 0. The number of sulfonamides is 1. The highest BCUT2D eigenvalue weighted by molar-refractivity contribution is 7.90. The summed E-state index contributed by atoms with van der Waals surface area (Å²) in [4.78, 5) is 11.0. The molecule has 12 heavy (non-hydrogen) atoms. The Bertz CT molecular complexity index is 248. The van der Waals surface area contributed by atoms with Gasteiger partial charge in [-0.3, -0.25) is 9.52 Å². The molecular weight excluding hydrogens is 180 g/mol. The molecule has 0 aromatic carbocycles. The second-order valence-electron chi connectivity index (χ2n) is 2.38. The normalized spacial score (nSPS) is 13.9. The van der Waals surface area contributed by atoms with E-state index in [4.69, 9.17) is 0 Å². The topological polar surface area (TPSA) is 75.3 Å². The molecule has 5 nitrogen and oxygen atoms in total. The predicted octanol–water partition coefficient (Wildman–Crippen LogP) is -0.940. The minimum absolute atomic E-state index is 0.0881. The first-order valence-electron chi connectivity index (χ1n) is 3.64. The van der Waals surface area contributed by atoms with Crippen LogP contribution in [0.15, 0.2) is 0 Å². The summed E-state index contributed by atoms with van der Waals surface area (Å²) < 4.78 is 23.7. The minimum Gasteiger partial charge on any atom is -0.309 e. The molecule has 0 saturated carbocycles. The Hall–Kier alpha value is -0.620. The van der Waals surface area contributed by atoms with Crippen LogP contribution in [0.5, 0.6) is 0 Å². The zero-order chi connectivity index (χ0) is 9.78. The lowest BCUT2D eigenvalue weighted by Crippen LogP contribution is -2.43. The molecule has 0 spiro atoms. The highest BCUT2D eigenvalue weighted by Crippen LogP contribution is 1.86. The van der Waals surface area contributed by atoms with Gasteiger partial charge in [-0.1, -0.05) is 0 Å². The standard InChI is InChI=1S/C6H14N2O3S/c1-4-12(10,11)8-6(9)5(2)7-3/h5,7H,4H2,1-3H3,(H,8,9). The number of carbonyl (C=O) groups is 1. The van der Waals surface area contributed by atoms with E-state index in [1.807, 2.05) is 4.72 Å². The van der Waals surface area contributed by atoms with E-state index in [-0.39, 0.29) is 5.75 Å². The molecule has 0 aromatic rings. The van der Waals surface area contributed by atoms with Crippen LogP contribution in [-0.2, 0) is 14.8 Å². The van der Waals surface area contributed by atoms with Gasteiger partial charge < -0.3 is 5.32 Å². The van der Waals surface area contributed by atoms with Gasteiger partial charge in [-0.05, 0) is 20.9 Å². The Kier molecular flexibility index (Phi) is 4.19. The van der Waals surface area contributed by atoms with Crippen LogP contribution in [0.4, 0.5) is 0 Å². The van der Waals surface area contributed by atoms with E-state index in [0.29, 0.717) is 0 Å². The Labute approximate surface area is 72.6 Å². The predicted molar refractivity (Wildman–Crippen MR) is 46.1 cm³/mol. The molecule has 0 saturated heterocycles. The van der Waals surface area contributed by atoms with Crippen LogP contribution in [0.1, 0.15) is 13.8 Å². The Morgan fingerprint density at radius 3 is 2.33 bits per heavy atom. The maximum absolute atomic E-state index is 11.0. The van der Waals surface area contributed by atoms with Gasteiger partial charge in [0, 0.05) is 0 Å². The third-order valence-electron chi connectivity index (χ3n) is 1.46. The van der Waals surface area contributed by atoms with Gasteiger partial charge in [0.15, 0.2) is 0 Å². The van der Waals surface area contributed by atoms with E-state index < -0.39 is 22.0 Å². The average Bonchev–Trinajstić information content (AvgIpc) is 2.02. The van der Waals surface area contributed by atoms with Crippen LogP contribution in [0.3, 0.4) is 0 Å². The molecule has 2 N–H and O–H groups in total. The highest BCUT2D eigenvalue weighted by atomic mass is 32.2. The third-order valence-corrected chi connectivity index (χ3v) is 2.73. The molecule has 1 atom stereocenters. The molecule has 6 heteroatoms. The Balaban J connectivity index is 4.20. The van der Waals surface area contributed by atoms with Gasteiger partial charge in [0.2, 0.25) is 15.9 Å². The lowest BCUT2D eigenvalue weighted by Gasteiger charge is -2.09. The largest absolute Gasteiger partial charge is 0.309 e. The quantitative estimate of drug-likeness (QED) is 0.605. The van der Waals surface area contributed by atoms with E-state index in [9.17, 15) is 13.2 Å². The fourth-order valence-electron chi connectivity index (χ4n) is 0.445. The highest BCUT2D eigenvalue weighted by Gasteiger charge is 2.16. The van der Waals surface area contributed by atoms with E-state index in [2.05, 4.69) is 5.32 Å². The van der Waals surface area contributed by atoms with Crippen LogP contribution in [0, 0.1) is 0 Å². The van der Waals surface area contributed by atoms with Crippen molar-refractivity contribution in [2.45, 2.75) is 19.9 Å². The van der Waals surface area contributed by atoms with Crippen molar-refractivity contribution in [3.63, 3.8) is 0 Å². The van der Waals surface area contributed by atoms with Crippen LogP contribution in [-0.4, -0.2) is 33.2 Å². The van der Waals surface area contributed by atoms with E-state index in [0.717, 1.165) is 0 Å². The van der Waals surface area contributed by atoms with Crippen LogP contribution >= 0.6 is 0 Å². The smallest absolute Gasteiger partial charge is 0.250 e. The van der Waals surface area contributed by atoms with Gasteiger partial charge in [-0.25, -0.2) is 8.42 Å². The molecule has 0 aliphatic heterocycles. The number of amides is 1. The van der Waals surface area contributed by atoms with Gasteiger partial charge >= 0.3 is 0 Å². The van der Waals surface area contributed by atoms with Crippen molar-refractivity contribution < 1.29 is 13.2 Å². The van der Waals surface area contributed by atoms with Gasteiger partial charge in [-0.2, -0.15) is 0 Å². The zero-order valence-electron chi connectivity index (χ0n) is 7.42. The van der Waals surface area contributed by atoms with Crippen LogP contribution < -0.4 is 10.0 Å². The third kappa shape index (κ3) is 3.68. The van der Waals surface area contributed by atoms with E-state index in [1.54, 1.807) is 14.0 Å². The summed E-state index contributed by atoms with van der Waals surface area (Å²) in [6, 6.07) is -0.494. The van der Waals surface area contributed by atoms with Crippen molar-refractivity contribution in [1.82, 2.24) is 10.0 Å². The lowest BCUT2D eigenvalue weighted by atomic mass is 10.3. The molecule has 0 aliphatic carbocycles. The molecule has 0 fully saturated rings. The monoisotopic (exact) mass is 194 g/mol. The number of nitrogens with one attached hydrogen (secondary N) is 2. The van der Waals surface area contributed by atoms with Gasteiger partial charge in [0.1, 0.15) is 0 Å². The van der Waals surface area contributed by atoms with Crippen molar-refractivity contribution in [3.05, 3.63) is 0 Å². The van der Waals surface area contributed by atoms with E-state index >= 15 is 0 Å². The zero-order valence-corrected chi connectivity index (χ0v) is 8.23. The molecule has 0 bridgehead atoms. The summed E-state index contributed by atoms with van der Waals surface area (Å²) in [5.41, 5.74) is 0. The summed E-state index contributed by atoms with van der Waals surface area (Å²) in [5.74, 6) is -0.617. The minimum atomic E-state index is -3.41. The van der Waals surface area contributed by atoms with Crippen molar-refractivity contribution >= 4 is 15.9 Å². The average molecular weight is 194 g/mol. The summed E-state index contributed by atoms with van der Waals surface area (Å²) in [7, 11) is -1.83. The van der Waals surface area contributed by atoms with Crippen molar-refractivity contribution in [3.8, 4) is 0 Å². The fraction of sp³-hybridized carbons (Fsp3) is 0.833. The van der Waals surface area contributed by atoms with E-state index in [1.165, 1.54) is 6.92 Å². The van der Waals surface area contributed by atoms with Crippen molar-refractivity contribution in [1.29, 1.82) is 0 Å². The molecule has 0 radical (unpaired) electrons. The van der Waals surface area contributed by atoms with Crippen LogP contribution in [0.25, 0.3) is 0 Å². The Morgan fingerprint density at radius 2 is 2.00 bits per heavy atom. The number of rotatable bonds is 4. The van der Waals surface area contributed by atoms with Gasteiger partial charge in [0.25, 0.3) is 0 Å².